The number of phenolic OH excluding ortho intramolecular Hbond substituents is 1. The standard InChI is InChI=1S/C19H17NO4/c1-23-18-7-11-3-4-20-10-13-8-19(24-2)16(21)6-12(13)5-15(20)14(11)9-17(18)22/h5-10,22H,3-4H2,1-2H3/p+1. The molecule has 0 aromatic heterocycles. The van der Waals surface area contributed by atoms with Gasteiger partial charge in [0.2, 0.25) is 5.78 Å². The van der Waals surface area contributed by atoms with E-state index >= 15 is 0 Å². The lowest BCUT2D eigenvalue weighted by Gasteiger charge is -2.30. The Bertz CT molecular complexity index is 874. The zero-order valence-electron chi connectivity index (χ0n) is 13.6. The number of aromatic hydroxyl groups is 1. The second-order valence-corrected chi connectivity index (χ2v) is 6.04. The van der Waals surface area contributed by atoms with Gasteiger partial charge < -0.3 is 14.6 Å². The van der Waals surface area contributed by atoms with Gasteiger partial charge in [-0.1, -0.05) is 0 Å². The highest BCUT2D eigenvalue weighted by Crippen LogP contribution is 2.35. The minimum atomic E-state index is -0.126. The van der Waals surface area contributed by atoms with Crippen molar-refractivity contribution in [1.82, 2.24) is 0 Å². The van der Waals surface area contributed by atoms with Crippen LogP contribution < -0.4 is 9.64 Å². The molecule has 2 aliphatic heterocycles. The number of allylic oxidation sites excluding steroid dienone is 5. The lowest BCUT2D eigenvalue weighted by molar-refractivity contribution is -0.770. The third-order valence-corrected chi connectivity index (χ3v) is 4.70. The summed E-state index contributed by atoms with van der Waals surface area (Å²) in [6.45, 7) is 0.910. The van der Waals surface area contributed by atoms with E-state index in [1.165, 1.54) is 12.0 Å². The van der Waals surface area contributed by atoms with Gasteiger partial charge in [-0.25, -0.2) is 0 Å². The summed E-state index contributed by atoms with van der Waals surface area (Å²) >= 11 is 0. The first-order chi connectivity index (χ1) is 11.6. The van der Waals surface area contributed by atoms with Crippen molar-refractivity contribution in [2.75, 3.05) is 20.8 Å². The molecule has 0 fully saturated rings. The summed E-state index contributed by atoms with van der Waals surface area (Å²) in [5.74, 6) is 0.854. The van der Waals surface area contributed by atoms with E-state index in [1.807, 2.05) is 12.1 Å². The molecule has 1 unspecified atom stereocenters. The molecule has 0 saturated carbocycles. The van der Waals surface area contributed by atoms with Crippen LogP contribution in [-0.4, -0.2) is 31.7 Å². The molecule has 1 aromatic carbocycles. The van der Waals surface area contributed by atoms with E-state index in [0.717, 1.165) is 40.9 Å². The number of methoxy groups -OCH3 is 2. The van der Waals surface area contributed by atoms with Crippen molar-refractivity contribution in [3.05, 3.63) is 64.6 Å². The molecule has 0 radical (unpaired) electrons. The lowest BCUT2D eigenvalue weighted by Crippen LogP contribution is -3.06. The summed E-state index contributed by atoms with van der Waals surface area (Å²) in [6, 6.07) is 3.64. The number of carbonyl (C=O) groups excluding carboxylic acids is 1. The van der Waals surface area contributed by atoms with Crippen molar-refractivity contribution in [3.8, 4) is 11.5 Å². The Morgan fingerprint density at radius 1 is 1.08 bits per heavy atom. The van der Waals surface area contributed by atoms with Gasteiger partial charge in [0.1, 0.15) is 11.9 Å². The molecule has 0 spiro atoms. The maximum atomic E-state index is 12.0. The lowest BCUT2D eigenvalue weighted by atomic mass is 9.89. The van der Waals surface area contributed by atoms with E-state index < -0.39 is 0 Å². The van der Waals surface area contributed by atoms with Gasteiger partial charge in [0.05, 0.1) is 20.8 Å². The fourth-order valence-corrected chi connectivity index (χ4v) is 3.47. The van der Waals surface area contributed by atoms with Crippen LogP contribution in [0.3, 0.4) is 0 Å². The molecule has 3 aliphatic rings. The highest BCUT2D eigenvalue weighted by atomic mass is 16.5. The first-order valence-electron chi connectivity index (χ1n) is 7.82. The highest BCUT2D eigenvalue weighted by Gasteiger charge is 2.32. The summed E-state index contributed by atoms with van der Waals surface area (Å²) < 4.78 is 10.3. The quantitative estimate of drug-likeness (QED) is 0.856. The number of nitrogens with one attached hydrogen (secondary N) is 1. The van der Waals surface area contributed by atoms with Crippen molar-refractivity contribution in [3.63, 3.8) is 0 Å². The SMILES string of the molecule is COC1=CC2=C[NH+]3CCc4cc(OC)c(O)cc4C3=CC2=CC1=O. The molecule has 1 atom stereocenters. The Morgan fingerprint density at radius 2 is 1.92 bits per heavy atom. The van der Waals surface area contributed by atoms with Crippen molar-refractivity contribution in [1.29, 1.82) is 0 Å². The molecular weight excluding hydrogens is 306 g/mol. The molecule has 0 saturated heterocycles. The monoisotopic (exact) mass is 324 g/mol. The summed E-state index contributed by atoms with van der Waals surface area (Å²) in [5, 5.41) is 10.1. The van der Waals surface area contributed by atoms with E-state index in [2.05, 4.69) is 6.20 Å². The summed E-state index contributed by atoms with van der Waals surface area (Å²) in [6.07, 6.45) is 8.42. The second-order valence-electron chi connectivity index (χ2n) is 6.04. The Labute approximate surface area is 139 Å². The molecule has 5 nitrogen and oxygen atoms in total. The van der Waals surface area contributed by atoms with Gasteiger partial charge in [-0.05, 0) is 35.4 Å². The average molecular weight is 324 g/mol. The number of ether oxygens (including phenoxy) is 2. The maximum absolute atomic E-state index is 12.0. The fraction of sp³-hybridized carbons (Fsp3) is 0.211. The van der Waals surface area contributed by atoms with Crippen molar-refractivity contribution < 1.29 is 24.3 Å². The van der Waals surface area contributed by atoms with Gasteiger partial charge in [0.25, 0.3) is 0 Å². The molecule has 24 heavy (non-hydrogen) atoms. The topological polar surface area (TPSA) is 60.2 Å². The number of ketones is 1. The summed E-state index contributed by atoms with van der Waals surface area (Å²) in [4.78, 5) is 13.2. The molecule has 122 valence electrons. The molecule has 1 aliphatic carbocycles. The first-order valence-corrected chi connectivity index (χ1v) is 7.82. The second kappa shape index (κ2) is 5.39. The minimum absolute atomic E-state index is 0.126. The van der Waals surface area contributed by atoms with Gasteiger partial charge in [0, 0.05) is 23.6 Å². The van der Waals surface area contributed by atoms with Crippen LogP contribution in [0.2, 0.25) is 0 Å². The van der Waals surface area contributed by atoms with Gasteiger partial charge in [-0.2, -0.15) is 0 Å². The molecule has 1 aromatic rings. The van der Waals surface area contributed by atoms with E-state index in [0.29, 0.717) is 11.5 Å². The Balaban J connectivity index is 1.81. The number of phenols is 1. The van der Waals surface area contributed by atoms with Gasteiger partial charge in [0.15, 0.2) is 17.3 Å². The maximum Gasteiger partial charge on any atom is 0.220 e. The molecule has 4 rings (SSSR count). The molecular formula is C19H18NO4+. The number of hydrogen-bond donors (Lipinski definition) is 2. The Morgan fingerprint density at radius 3 is 2.67 bits per heavy atom. The van der Waals surface area contributed by atoms with Crippen LogP contribution in [0.4, 0.5) is 0 Å². The predicted octanol–water partition coefficient (Wildman–Crippen LogP) is 1.12. The average Bonchev–Trinajstić information content (AvgIpc) is 2.59. The largest absolute Gasteiger partial charge is 0.504 e. The minimum Gasteiger partial charge on any atom is -0.504 e. The molecule has 0 bridgehead atoms. The molecule has 2 N–H and O–H groups in total. The van der Waals surface area contributed by atoms with Crippen LogP contribution in [-0.2, 0) is 16.0 Å². The van der Waals surface area contributed by atoms with Crippen molar-refractivity contribution >= 4 is 11.5 Å². The summed E-state index contributed by atoms with van der Waals surface area (Å²) in [5.41, 5.74) is 5.08. The first kappa shape index (κ1) is 14.8. The Kier molecular flexibility index (Phi) is 3.32. The third-order valence-electron chi connectivity index (χ3n) is 4.70. The van der Waals surface area contributed by atoms with Crippen LogP contribution in [0.15, 0.2) is 53.5 Å². The zero-order valence-corrected chi connectivity index (χ0v) is 13.6. The molecule has 0 amide bonds. The predicted molar refractivity (Wildman–Crippen MR) is 88.4 cm³/mol. The van der Waals surface area contributed by atoms with E-state index in [9.17, 15) is 9.90 Å². The van der Waals surface area contributed by atoms with E-state index in [-0.39, 0.29) is 11.5 Å². The number of carbonyl (C=O) groups is 1. The fourth-order valence-electron chi connectivity index (χ4n) is 3.47. The third kappa shape index (κ3) is 2.17. The number of quaternary nitrogens is 1. The van der Waals surface area contributed by atoms with Crippen LogP contribution in [0.1, 0.15) is 11.1 Å². The highest BCUT2D eigenvalue weighted by molar-refractivity contribution is 6.06. The molecule has 5 heteroatoms. The van der Waals surface area contributed by atoms with Gasteiger partial charge in [-0.3, -0.25) is 9.69 Å². The van der Waals surface area contributed by atoms with Crippen molar-refractivity contribution in [2.24, 2.45) is 0 Å². The number of fused-ring (bicyclic) bond motifs is 4. The van der Waals surface area contributed by atoms with Crippen LogP contribution in [0.5, 0.6) is 11.5 Å². The van der Waals surface area contributed by atoms with Crippen LogP contribution in [0, 0.1) is 0 Å². The number of benzene rings is 1. The smallest absolute Gasteiger partial charge is 0.220 e. The van der Waals surface area contributed by atoms with Gasteiger partial charge in [-0.15, -0.1) is 0 Å². The van der Waals surface area contributed by atoms with E-state index in [4.69, 9.17) is 9.47 Å². The zero-order chi connectivity index (χ0) is 16.8. The van der Waals surface area contributed by atoms with Crippen LogP contribution in [0.25, 0.3) is 5.70 Å². The number of rotatable bonds is 2. The van der Waals surface area contributed by atoms with Gasteiger partial charge >= 0.3 is 0 Å². The Hall–Kier alpha value is -2.79. The summed E-state index contributed by atoms with van der Waals surface area (Å²) in [7, 11) is 3.06. The molecule has 2 heterocycles. The van der Waals surface area contributed by atoms with Crippen molar-refractivity contribution in [2.45, 2.75) is 6.42 Å². The van der Waals surface area contributed by atoms with E-state index in [1.54, 1.807) is 25.3 Å². The number of hydrogen-bond acceptors (Lipinski definition) is 4. The normalized spacial score (nSPS) is 21.4. The van der Waals surface area contributed by atoms with Crippen LogP contribution >= 0.6 is 0 Å².